The molecule has 2 aromatic heterocycles. The highest BCUT2D eigenvalue weighted by Crippen LogP contribution is 2.46. The van der Waals surface area contributed by atoms with Crippen LogP contribution in [0.15, 0.2) is 29.8 Å². The van der Waals surface area contributed by atoms with Gasteiger partial charge >= 0.3 is 0 Å². The number of carbonyl (C=O) groups excluding carboxylic acids is 1. The van der Waals surface area contributed by atoms with E-state index in [0.29, 0.717) is 23.8 Å². The number of anilines is 2. The van der Waals surface area contributed by atoms with Crippen LogP contribution in [0.4, 0.5) is 11.5 Å². The van der Waals surface area contributed by atoms with E-state index in [1.807, 2.05) is 5.51 Å². The Morgan fingerprint density at radius 1 is 1.06 bits per heavy atom. The van der Waals surface area contributed by atoms with Crippen molar-refractivity contribution in [3.8, 4) is 11.1 Å². The number of hydrogen-bond donors (Lipinski definition) is 1. The van der Waals surface area contributed by atoms with Crippen molar-refractivity contribution in [2.75, 3.05) is 30.3 Å². The van der Waals surface area contributed by atoms with E-state index in [2.05, 4.69) is 39.0 Å². The molecule has 7 rings (SSSR count). The number of nitrogen functional groups attached to an aromatic ring is 1. The molecular weight excluding hydrogens is 430 g/mol. The number of nitrogens with two attached hydrogens (primary N) is 1. The molecule has 6 nitrogen and oxygen atoms in total. The first-order valence-corrected chi connectivity index (χ1v) is 13.2. The van der Waals surface area contributed by atoms with E-state index >= 15 is 0 Å². The van der Waals surface area contributed by atoms with Gasteiger partial charge in [-0.1, -0.05) is 6.07 Å². The van der Waals surface area contributed by atoms with Gasteiger partial charge in [0.2, 0.25) is 5.91 Å². The maximum Gasteiger partial charge on any atom is 0.226 e. The molecule has 2 N–H and O–H groups in total. The zero-order chi connectivity index (χ0) is 22.1. The van der Waals surface area contributed by atoms with Gasteiger partial charge in [-0.15, -0.1) is 11.3 Å². The molecule has 170 valence electrons. The smallest absolute Gasteiger partial charge is 0.226 e. The maximum absolute atomic E-state index is 12.9. The zero-order valence-electron chi connectivity index (χ0n) is 18.7. The Morgan fingerprint density at radius 3 is 2.67 bits per heavy atom. The molecule has 0 unspecified atom stereocenters. The summed E-state index contributed by atoms with van der Waals surface area (Å²) in [5, 5.41) is 0. The highest BCUT2D eigenvalue weighted by atomic mass is 32.1. The molecule has 1 aliphatic heterocycles. The Morgan fingerprint density at radius 2 is 1.91 bits per heavy atom. The van der Waals surface area contributed by atoms with Gasteiger partial charge in [0.1, 0.15) is 0 Å². The minimum Gasteiger partial charge on any atom is -0.396 e. The van der Waals surface area contributed by atoms with Crippen LogP contribution in [0.1, 0.15) is 50.1 Å². The first kappa shape index (κ1) is 19.8. The van der Waals surface area contributed by atoms with E-state index in [-0.39, 0.29) is 5.92 Å². The number of nitrogens with zero attached hydrogens (tertiary/aromatic N) is 4. The number of aromatic nitrogens is 2. The summed E-state index contributed by atoms with van der Waals surface area (Å²) in [4.78, 5) is 27.1. The van der Waals surface area contributed by atoms with Gasteiger partial charge in [-0.05, 0) is 68.2 Å². The fraction of sp³-hybridized carbons (Fsp3) is 0.500. The molecule has 3 heterocycles. The number of benzene rings is 1. The molecule has 0 bridgehead atoms. The molecule has 3 aromatic rings. The monoisotopic (exact) mass is 459 g/mol. The molecule has 0 spiro atoms. The fourth-order valence-corrected chi connectivity index (χ4v) is 6.15. The topological polar surface area (TPSA) is 75.3 Å². The molecule has 1 atom stereocenters. The van der Waals surface area contributed by atoms with E-state index < -0.39 is 0 Å². The SMILES string of the molecule is Nc1cc(-c2ccc3ncsc3c2)c(C2CC2)nc1N1CCN(C(=O)C2CC2)[C@H](C2CC2)C1. The minimum atomic E-state index is 0.289. The molecule has 3 saturated carbocycles. The van der Waals surface area contributed by atoms with Gasteiger partial charge in [-0.2, -0.15) is 0 Å². The summed E-state index contributed by atoms with van der Waals surface area (Å²) in [6.07, 6.45) is 7.01. The molecular formula is C26H29N5OS. The standard InChI is InChI=1S/C26H29N5OS/c27-20-12-19(18-7-8-21-23(11-18)33-14-28-21)24(16-3-4-16)29-25(20)30-9-10-31(26(32)17-5-6-17)22(13-30)15-1-2-15/h7-8,11-12,14-17,22H,1-6,9-10,13,27H2/t22-/m0/s1. The lowest BCUT2D eigenvalue weighted by atomic mass is 10.00. The Kier molecular flexibility index (Phi) is 4.44. The van der Waals surface area contributed by atoms with Crippen LogP contribution >= 0.6 is 11.3 Å². The Balaban J connectivity index is 1.22. The fourth-order valence-electron chi connectivity index (χ4n) is 5.43. The highest BCUT2D eigenvalue weighted by molar-refractivity contribution is 7.16. The molecule has 0 radical (unpaired) electrons. The van der Waals surface area contributed by atoms with E-state index in [4.69, 9.17) is 10.7 Å². The van der Waals surface area contributed by atoms with Crippen molar-refractivity contribution in [3.05, 3.63) is 35.5 Å². The average molecular weight is 460 g/mol. The number of hydrogen-bond acceptors (Lipinski definition) is 6. The van der Waals surface area contributed by atoms with Crippen LogP contribution in [-0.4, -0.2) is 46.5 Å². The van der Waals surface area contributed by atoms with Crippen molar-refractivity contribution in [1.82, 2.24) is 14.9 Å². The van der Waals surface area contributed by atoms with Crippen molar-refractivity contribution in [2.24, 2.45) is 11.8 Å². The van der Waals surface area contributed by atoms with E-state index in [9.17, 15) is 4.79 Å². The lowest BCUT2D eigenvalue weighted by molar-refractivity contribution is -0.135. The second-order valence-electron chi connectivity index (χ2n) is 10.3. The van der Waals surface area contributed by atoms with Crippen LogP contribution in [-0.2, 0) is 4.79 Å². The van der Waals surface area contributed by atoms with E-state index in [0.717, 1.165) is 55.1 Å². The van der Waals surface area contributed by atoms with Crippen LogP contribution in [0.5, 0.6) is 0 Å². The summed E-state index contributed by atoms with van der Waals surface area (Å²) in [5.74, 6) is 2.76. The molecule has 33 heavy (non-hydrogen) atoms. The van der Waals surface area contributed by atoms with Crippen LogP contribution in [0.25, 0.3) is 21.3 Å². The number of carbonyl (C=O) groups is 1. The molecule has 1 amide bonds. The third kappa shape index (κ3) is 3.57. The van der Waals surface area contributed by atoms with Crippen molar-refractivity contribution in [1.29, 1.82) is 0 Å². The van der Waals surface area contributed by atoms with E-state index in [1.54, 1.807) is 11.3 Å². The number of fused-ring (bicyclic) bond motifs is 1. The van der Waals surface area contributed by atoms with Gasteiger partial charge in [0.25, 0.3) is 0 Å². The predicted octanol–water partition coefficient (Wildman–Crippen LogP) is 4.66. The van der Waals surface area contributed by atoms with Gasteiger partial charge < -0.3 is 15.5 Å². The van der Waals surface area contributed by atoms with Gasteiger partial charge in [0.05, 0.1) is 33.2 Å². The number of piperazine rings is 1. The Labute approximate surface area is 197 Å². The van der Waals surface area contributed by atoms with Crippen LogP contribution < -0.4 is 10.6 Å². The molecule has 4 fully saturated rings. The third-order valence-corrected chi connectivity index (χ3v) is 8.55. The highest BCUT2D eigenvalue weighted by Gasteiger charge is 2.45. The summed E-state index contributed by atoms with van der Waals surface area (Å²) in [6.45, 7) is 2.46. The number of amides is 1. The van der Waals surface area contributed by atoms with Gasteiger partial charge in [-0.25, -0.2) is 9.97 Å². The average Bonchev–Trinajstić information content (AvgIpc) is 3.67. The summed E-state index contributed by atoms with van der Waals surface area (Å²) in [6, 6.07) is 8.92. The van der Waals surface area contributed by atoms with Crippen molar-refractivity contribution in [3.63, 3.8) is 0 Å². The summed E-state index contributed by atoms with van der Waals surface area (Å²) in [5.41, 5.74) is 13.9. The first-order valence-electron chi connectivity index (χ1n) is 12.3. The van der Waals surface area contributed by atoms with Crippen molar-refractivity contribution < 1.29 is 4.79 Å². The van der Waals surface area contributed by atoms with Crippen LogP contribution in [0.3, 0.4) is 0 Å². The molecule has 1 aromatic carbocycles. The van der Waals surface area contributed by atoms with Crippen LogP contribution in [0.2, 0.25) is 0 Å². The molecule has 4 aliphatic rings. The second kappa shape index (κ2) is 7.42. The summed E-state index contributed by atoms with van der Waals surface area (Å²) < 4.78 is 1.20. The van der Waals surface area contributed by atoms with Crippen molar-refractivity contribution in [2.45, 2.75) is 50.5 Å². The van der Waals surface area contributed by atoms with Crippen LogP contribution in [0, 0.1) is 11.8 Å². The third-order valence-electron chi connectivity index (χ3n) is 7.76. The first-order chi connectivity index (χ1) is 16.2. The molecule has 3 aliphatic carbocycles. The molecule has 7 heteroatoms. The van der Waals surface area contributed by atoms with Gasteiger partial charge in [-0.3, -0.25) is 4.79 Å². The normalized spacial score (nSPS) is 23.3. The maximum atomic E-state index is 12.9. The second-order valence-corrected chi connectivity index (χ2v) is 11.2. The van der Waals surface area contributed by atoms with Gasteiger partial charge in [0, 0.05) is 37.0 Å². The largest absolute Gasteiger partial charge is 0.396 e. The lowest BCUT2D eigenvalue weighted by Gasteiger charge is -2.43. The summed E-state index contributed by atoms with van der Waals surface area (Å²) >= 11 is 1.67. The summed E-state index contributed by atoms with van der Waals surface area (Å²) in [7, 11) is 0. The lowest BCUT2D eigenvalue weighted by Crippen LogP contribution is -2.57. The number of thiazole rings is 1. The van der Waals surface area contributed by atoms with Gasteiger partial charge in [0.15, 0.2) is 5.82 Å². The number of pyridine rings is 1. The predicted molar refractivity (Wildman–Crippen MR) is 132 cm³/mol. The Hall–Kier alpha value is -2.67. The van der Waals surface area contributed by atoms with E-state index in [1.165, 1.54) is 41.6 Å². The van der Waals surface area contributed by atoms with Crippen molar-refractivity contribution >= 4 is 39.0 Å². The minimum absolute atomic E-state index is 0.289. The molecule has 1 saturated heterocycles. The zero-order valence-corrected chi connectivity index (χ0v) is 19.6. The Bertz CT molecular complexity index is 1240. The number of rotatable bonds is 5. The quantitative estimate of drug-likeness (QED) is 0.601.